The Hall–Kier alpha value is -1.39. The molecule has 0 N–H and O–H groups in total. The molecule has 0 fully saturated rings. The van der Waals surface area contributed by atoms with Crippen molar-refractivity contribution in [3.05, 3.63) is 40.1 Å². The molecular formula is C12H10ClN3S. The van der Waals surface area contributed by atoms with Gasteiger partial charge in [-0.3, -0.25) is 4.57 Å². The zero-order valence-electron chi connectivity index (χ0n) is 9.44. The summed E-state index contributed by atoms with van der Waals surface area (Å²) in [5.74, 6) is 0. The summed E-state index contributed by atoms with van der Waals surface area (Å²) in [4.78, 5) is 8.66. The van der Waals surface area contributed by atoms with Crippen molar-refractivity contribution in [1.82, 2.24) is 14.5 Å². The lowest BCUT2D eigenvalue weighted by Gasteiger charge is -2.02. The molecule has 3 aromatic rings. The van der Waals surface area contributed by atoms with E-state index >= 15 is 0 Å². The van der Waals surface area contributed by atoms with Crippen LogP contribution in [0.25, 0.3) is 16.2 Å². The summed E-state index contributed by atoms with van der Waals surface area (Å²) < 4.78 is 1.97. The number of benzene rings is 1. The maximum absolute atomic E-state index is 5.85. The second kappa shape index (κ2) is 3.82. The van der Waals surface area contributed by atoms with Gasteiger partial charge in [-0.15, -0.1) is 11.3 Å². The van der Waals surface area contributed by atoms with E-state index < -0.39 is 0 Å². The molecular weight excluding hydrogens is 254 g/mol. The monoisotopic (exact) mass is 263 g/mol. The van der Waals surface area contributed by atoms with E-state index in [4.69, 9.17) is 11.6 Å². The molecule has 2 heterocycles. The molecule has 17 heavy (non-hydrogen) atoms. The topological polar surface area (TPSA) is 30.7 Å². The molecule has 0 aliphatic heterocycles. The van der Waals surface area contributed by atoms with E-state index in [9.17, 15) is 0 Å². The average molecular weight is 264 g/mol. The van der Waals surface area contributed by atoms with Crippen LogP contribution in [-0.2, 0) is 0 Å². The van der Waals surface area contributed by atoms with Gasteiger partial charge in [0.1, 0.15) is 11.5 Å². The number of nitrogens with zero attached hydrogens (tertiary/aromatic N) is 3. The Kier molecular flexibility index (Phi) is 2.42. The fourth-order valence-electron chi connectivity index (χ4n) is 1.77. The molecule has 3 nitrogen and oxygen atoms in total. The number of aryl methyl sites for hydroxylation is 2. The molecule has 5 heteroatoms. The van der Waals surface area contributed by atoms with E-state index in [1.54, 1.807) is 6.33 Å². The van der Waals surface area contributed by atoms with Crippen molar-refractivity contribution in [2.45, 2.75) is 13.8 Å². The van der Waals surface area contributed by atoms with Gasteiger partial charge < -0.3 is 0 Å². The van der Waals surface area contributed by atoms with Crippen molar-refractivity contribution < 1.29 is 0 Å². The SMILES string of the molecule is Cc1cc2ncn(-c3nc(Cl)cs3)c2cc1C. The summed E-state index contributed by atoms with van der Waals surface area (Å²) >= 11 is 7.36. The molecule has 2 aromatic heterocycles. The minimum atomic E-state index is 0.524. The number of hydrogen-bond acceptors (Lipinski definition) is 3. The molecule has 0 saturated heterocycles. The minimum Gasteiger partial charge on any atom is -0.274 e. The average Bonchev–Trinajstić information content (AvgIpc) is 2.86. The Morgan fingerprint density at radius 3 is 2.71 bits per heavy atom. The fourth-order valence-corrected chi connectivity index (χ4v) is 2.70. The number of fused-ring (bicyclic) bond motifs is 1. The van der Waals surface area contributed by atoms with Crippen molar-refractivity contribution in [2.75, 3.05) is 0 Å². The standard InChI is InChI=1S/C12H10ClN3S/c1-7-3-9-10(4-8(7)2)16(6-14-9)12-15-11(13)5-17-12/h3-6H,1-2H3. The molecule has 0 spiro atoms. The number of rotatable bonds is 1. The predicted octanol–water partition coefficient (Wildman–Crippen LogP) is 3.75. The second-order valence-corrected chi connectivity index (χ2v) is 5.22. The summed E-state index contributed by atoms with van der Waals surface area (Å²) in [6.07, 6.45) is 1.79. The van der Waals surface area contributed by atoms with Crippen LogP contribution in [0.2, 0.25) is 5.15 Å². The van der Waals surface area contributed by atoms with Crippen LogP contribution in [0.4, 0.5) is 0 Å². The minimum absolute atomic E-state index is 0.524. The van der Waals surface area contributed by atoms with Gasteiger partial charge in [0.25, 0.3) is 0 Å². The van der Waals surface area contributed by atoms with Crippen molar-refractivity contribution in [2.24, 2.45) is 0 Å². The molecule has 3 rings (SSSR count). The van der Waals surface area contributed by atoms with Gasteiger partial charge in [-0.25, -0.2) is 9.97 Å². The van der Waals surface area contributed by atoms with Gasteiger partial charge in [0, 0.05) is 5.38 Å². The van der Waals surface area contributed by atoms with Crippen LogP contribution in [0.3, 0.4) is 0 Å². The van der Waals surface area contributed by atoms with Crippen molar-refractivity contribution in [3.8, 4) is 5.13 Å². The van der Waals surface area contributed by atoms with E-state index in [2.05, 4.69) is 35.9 Å². The Morgan fingerprint density at radius 2 is 2.00 bits per heavy atom. The van der Waals surface area contributed by atoms with E-state index in [-0.39, 0.29) is 0 Å². The summed E-state index contributed by atoms with van der Waals surface area (Å²) in [5.41, 5.74) is 4.56. The van der Waals surface area contributed by atoms with Crippen LogP contribution in [0.5, 0.6) is 0 Å². The van der Waals surface area contributed by atoms with Gasteiger partial charge in [-0.2, -0.15) is 0 Å². The van der Waals surface area contributed by atoms with Gasteiger partial charge in [0.05, 0.1) is 11.0 Å². The molecule has 0 bridgehead atoms. The Bertz CT molecular complexity index is 699. The number of aromatic nitrogens is 3. The molecule has 86 valence electrons. The first kappa shape index (κ1) is 10.7. The highest BCUT2D eigenvalue weighted by atomic mass is 35.5. The van der Waals surface area contributed by atoms with E-state index in [1.165, 1.54) is 22.5 Å². The number of thiazole rings is 1. The van der Waals surface area contributed by atoms with Crippen molar-refractivity contribution in [1.29, 1.82) is 0 Å². The Balaban J connectivity index is 2.27. The third-order valence-electron chi connectivity index (χ3n) is 2.83. The van der Waals surface area contributed by atoms with Crippen LogP contribution in [0.1, 0.15) is 11.1 Å². The lowest BCUT2D eigenvalue weighted by Crippen LogP contribution is -1.91. The van der Waals surface area contributed by atoms with Crippen LogP contribution in [0, 0.1) is 13.8 Å². The molecule has 0 atom stereocenters. The third-order valence-corrected chi connectivity index (χ3v) is 4.00. The maximum Gasteiger partial charge on any atom is 0.196 e. The normalized spacial score (nSPS) is 11.2. The smallest absolute Gasteiger partial charge is 0.196 e. The van der Waals surface area contributed by atoms with E-state index in [1.807, 2.05) is 9.95 Å². The molecule has 1 aromatic carbocycles. The zero-order chi connectivity index (χ0) is 12.0. The van der Waals surface area contributed by atoms with Crippen molar-refractivity contribution >= 4 is 34.0 Å². The zero-order valence-corrected chi connectivity index (χ0v) is 11.0. The van der Waals surface area contributed by atoms with Crippen LogP contribution >= 0.6 is 22.9 Å². The first-order valence-corrected chi connectivity index (χ1v) is 6.46. The van der Waals surface area contributed by atoms with E-state index in [0.717, 1.165) is 16.2 Å². The highest BCUT2D eigenvalue weighted by Crippen LogP contribution is 2.24. The Labute approximate surface area is 108 Å². The van der Waals surface area contributed by atoms with Gasteiger partial charge in [-0.05, 0) is 37.1 Å². The quantitative estimate of drug-likeness (QED) is 0.669. The highest BCUT2D eigenvalue weighted by Gasteiger charge is 2.09. The summed E-state index contributed by atoms with van der Waals surface area (Å²) in [6.45, 7) is 4.19. The van der Waals surface area contributed by atoms with Crippen LogP contribution < -0.4 is 0 Å². The van der Waals surface area contributed by atoms with Crippen LogP contribution in [-0.4, -0.2) is 14.5 Å². The predicted molar refractivity (Wildman–Crippen MR) is 71.2 cm³/mol. The summed E-state index contributed by atoms with van der Waals surface area (Å²) in [7, 11) is 0. The van der Waals surface area contributed by atoms with Gasteiger partial charge in [0.15, 0.2) is 5.13 Å². The third kappa shape index (κ3) is 1.73. The van der Waals surface area contributed by atoms with Gasteiger partial charge >= 0.3 is 0 Å². The van der Waals surface area contributed by atoms with Crippen LogP contribution in [0.15, 0.2) is 23.8 Å². The summed E-state index contributed by atoms with van der Waals surface area (Å²) in [5, 5.41) is 3.19. The molecule has 0 unspecified atom stereocenters. The molecule has 0 amide bonds. The Morgan fingerprint density at radius 1 is 1.24 bits per heavy atom. The fraction of sp³-hybridized carbons (Fsp3) is 0.167. The largest absolute Gasteiger partial charge is 0.274 e. The highest BCUT2D eigenvalue weighted by molar-refractivity contribution is 7.12. The molecule has 0 aliphatic rings. The molecule has 0 radical (unpaired) electrons. The summed E-state index contributed by atoms with van der Waals surface area (Å²) in [6, 6.07) is 4.23. The van der Waals surface area contributed by atoms with Crippen molar-refractivity contribution in [3.63, 3.8) is 0 Å². The lowest BCUT2D eigenvalue weighted by atomic mass is 10.1. The number of hydrogen-bond donors (Lipinski definition) is 0. The first-order valence-electron chi connectivity index (χ1n) is 5.21. The lowest BCUT2D eigenvalue weighted by molar-refractivity contribution is 1.06. The van der Waals surface area contributed by atoms with Gasteiger partial charge in [-0.1, -0.05) is 11.6 Å². The molecule has 0 saturated carbocycles. The van der Waals surface area contributed by atoms with Gasteiger partial charge in [0.2, 0.25) is 0 Å². The molecule has 0 aliphatic carbocycles. The first-order chi connectivity index (χ1) is 8.15. The van der Waals surface area contributed by atoms with E-state index in [0.29, 0.717) is 5.15 Å². The maximum atomic E-state index is 5.85. The second-order valence-electron chi connectivity index (χ2n) is 3.99. The number of imidazole rings is 1. The number of halogens is 1.